The molecule has 3 aliphatic rings. The summed E-state index contributed by atoms with van der Waals surface area (Å²) >= 11 is 0. The number of rotatable bonds is 1. The van der Waals surface area contributed by atoms with Gasteiger partial charge in [0, 0.05) is 11.5 Å². The molecule has 0 radical (unpaired) electrons. The SMILES string of the molecule is C[C@@]12COC(c3ccccc3)N1C(=O)C1C[C@@H]12. The Hall–Kier alpha value is -1.35. The van der Waals surface area contributed by atoms with Crippen molar-refractivity contribution in [2.24, 2.45) is 11.8 Å². The lowest BCUT2D eigenvalue weighted by atomic mass is 9.98. The Kier molecular flexibility index (Phi) is 1.65. The Morgan fingerprint density at radius 1 is 1.35 bits per heavy atom. The van der Waals surface area contributed by atoms with E-state index < -0.39 is 0 Å². The van der Waals surface area contributed by atoms with Crippen LogP contribution in [-0.4, -0.2) is 23.0 Å². The fourth-order valence-electron chi connectivity index (χ4n) is 3.51. The number of nitrogens with zero attached hydrogens (tertiary/aromatic N) is 1. The van der Waals surface area contributed by atoms with Crippen LogP contribution < -0.4 is 0 Å². The van der Waals surface area contributed by atoms with Gasteiger partial charge in [-0.15, -0.1) is 0 Å². The van der Waals surface area contributed by atoms with Crippen molar-refractivity contribution in [3.8, 4) is 0 Å². The van der Waals surface area contributed by atoms with Crippen LogP contribution in [0.15, 0.2) is 30.3 Å². The second kappa shape index (κ2) is 2.91. The maximum absolute atomic E-state index is 12.3. The number of carbonyl (C=O) groups excluding carboxylic acids is 1. The highest BCUT2D eigenvalue weighted by atomic mass is 16.5. The first-order valence-corrected chi connectivity index (χ1v) is 6.21. The summed E-state index contributed by atoms with van der Waals surface area (Å²) < 4.78 is 5.88. The Morgan fingerprint density at radius 3 is 2.88 bits per heavy atom. The maximum atomic E-state index is 12.3. The molecule has 4 atom stereocenters. The minimum Gasteiger partial charge on any atom is -0.351 e. The highest BCUT2D eigenvalue weighted by Crippen LogP contribution is 2.61. The Morgan fingerprint density at radius 2 is 2.12 bits per heavy atom. The minimum atomic E-state index is -0.165. The molecule has 1 aromatic rings. The summed E-state index contributed by atoms with van der Waals surface area (Å²) in [4.78, 5) is 14.3. The van der Waals surface area contributed by atoms with Gasteiger partial charge in [0.15, 0.2) is 6.23 Å². The first kappa shape index (κ1) is 9.66. The van der Waals surface area contributed by atoms with Crippen molar-refractivity contribution in [2.45, 2.75) is 25.1 Å². The van der Waals surface area contributed by atoms with Gasteiger partial charge in [0.2, 0.25) is 5.91 Å². The van der Waals surface area contributed by atoms with Crippen LogP contribution in [0.1, 0.15) is 25.1 Å². The Labute approximate surface area is 100 Å². The lowest BCUT2D eigenvalue weighted by molar-refractivity contribution is -0.138. The summed E-state index contributed by atoms with van der Waals surface area (Å²) in [5, 5.41) is 0. The third-order valence-corrected chi connectivity index (χ3v) is 4.55. The van der Waals surface area contributed by atoms with Gasteiger partial charge in [0.05, 0.1) is 12.1 Å². The predicted molar refractivity (Wildman–Crippen MR) is 62.0 cm³/mol. The molecule has 1 amide bonds. The van der Waals surface area contributed by atoms with Crippen molar-refractivity contribution >= 4 is 5.91 Å². The van der Waals surface area contributed by atoms with Crippen molar-refractivity contribution in [1.29, 1.82) is 0 Å². The molecule has 2 aliphatic heterocycles. The van der Waals surface area contributed by atoms with Crippen LogP contribution in [0.5, 0.6) is 0 Å². The summed E-state index contributed by atoms with van der Waals surface area (Å²) in [5.74, 6) is 1.11. The van der Waals surface area contributed by atoms with E-state index in [1.165, 1.54) is 0 Å². The summed E-state index contributed by atoms with van der Waals surface area (Å²) in [6.45, 7) is 2.85. The van der Waals surface area contributed by atoms with Gasteiger partial charge in [-0.2, -0.15) is 0 Å². The average molecular weight is 229 g/mol. The van der Waals surface area contributed by atoms with E-state index >= 15 is 0 Å². The fourth-order valence-corrected chi connectivity index (χ4v) is 3.51. The number of ether oxygens (including phenoxy) is 1. The van der Waals surface area contributed by atoms with Crippen LogP contribution in [0.3, 0.4) is 0 Å². The topological polar surface area (TPSA) is 29.5 Å². The van der Waals surface area contributed by atoms with E-state index in [4.69, 9.17) is 4.74 Å². The Balaban J connectivity index is 1.75. The maximum Gasteiger partial charge on any atom is 0.228 e. The minimum absolute atomic E-state index is 0.0533. The lowest BCUT2D eigenvalue weighted by Crippen LogP contribution is -2.44. The van der Waals surface area contributed by atoms with E-state index in [0.29, 0.717) is 18.4 Å². The summed E-state index contributed by atoms with van der Waals surface area (Å²) in [6, 6.07) is 10.0. The number of piperidine rings is 1. The lowest BCUT2D eigenvalue weighted by Gasteiger charge is -2.32. The molecule has 0 bridgehead atoms. The van der Waals surface area contributed by atoms with Crippen LogP contribution in [0.2, 0.25) is 0 Å². The van der Waals surface area contributed by atoms with Crippen molar-refractivity contribution in [3.05, 3.63) is 35.9 Å². The molecule has 4 rings (SSSR count). The summed E-state index contributed by atoms with van der Waals surface area (Å²) in [7, 11) is 0. The molecule has 17 heavy (non-hydrogen) atoms. The molecule has 0 N–H and O–H groups in total. The quantitative estimate of drug-likeness (QED) is 0.736. The molecule has 1 saturated carbocycles. The predicted octanol–water partition coefficient (Wildman–Crippen LogP) is 1.95. The zero-order chi connectivity index (χ0) is 11.6. The van der Waals surface area contributed by atoms with E-state index in [1.807, 2.05) is 35.2 Å². The normalized spacial score (nSPS) is 42.5. The zero-order valence-electron chi connectivity index (χ0n) is 9.80. The molecule has 3 heteroatoms. The van der Waals surface area contributed by atoms with Gasteiger partial charge in [0.1, 0.15) is 0 Å². The van der Waals surface area contributed by atoms with Crippen molar-refractivity contribution in [1.82, 2.24) is 4.90 Å². The third kappa shape index (κ3) is 1.08. The number of hydrogen-bond donors (Lipinski definition) is 0. The van der Waals surface area contributed by atoms with E-state index in [0.717, 1.165) is 12.0 Å². The monoisotopic (exact) mass is 229 g/mol. The van der Waals surface area contributed by atoms with Crippen molar-refractivity contribution < 1.29 is 9.53 Å². The van der Waals surface area contributed by atoms with Crippen molar-refractivity contribution in [2.75, 3.05) is 6.61 Å². The molecule has 2 saturated heterocycles. The van der Waals surface area contributed by atoms with Gasteiger partial charge in [-0.1, -0.05) is 30.3 Å². The second-order valence-electron chi connectivity index (χ2n) is 5.59. The number of carbonyl (C=O) groups is 1. The summed E-state index contributed by atoms with van der Waals surface area (Å²) in [6.07, 6.45) is 0.901. The van der Waals surface area contributed by atoms with Gasteiger partial charge < -0.3 is 9.64 Å². The van der Waals surface area contributed by atoms with E-state index in [-0.39, 0.29) is 17.7 Å². The summed E-state index contributed by atoms with van der Waals surface area (Å²) in [5.41, 5.74) is 1.04. The van der Waals surface area contributed by atoms with Crippen LogP contribution in [0, 0.1) is 11.8 Å². The first-order valence-electron chi connectivity index (χ1n) is 6.21. The van der Waals surface area contributed by atoms with Crippen LogP contribution in [-0.2, 0) is 9.53 Å². The first-order chi connectivity index (χ1) is 8.22. The fraction of sp³-hybridized carbons (Fsp3) is 0.500. The molecule has 2 unspecified atom stereocenters. The smallest absolute Gasteiger partial charge is 0.228 e. The average Bonchev–Trinajstić information content (AvgIpc) is 3.03. The van der Waals surface area contributed by atoms with Crippen LogP contribution >= 0.6 is 0 Å². The second-order valence-corrected chi connectivity index (χ2v) is 5.59. The molecule has 2 heterocycles. The van der Waals surface area contributed by atoms with Gasteiger partial charge in [0.25, 0.3) is 0 Å². The molecule has 88 valence electrons. The molecular weight excluding hydrogens is 214 g/mol. The molecule has 1 aromatic carbocycles. The number of amides is 1. The van der Waals surface area contributed by atoms with E-state index in [1.54, 1.807) is 0 Å². The van der Waals surface area contributed by atoms with E-state index in [2.05, 4.69) is 6.92 Å². The highest BCUT2D eigenvalue weighted by molar-refractivity contribution is 5.87. The number of benzene rings is 1. The molecule has 0 aromatic heterocycles. The largest absolute Gasteiger partial charge is 0.351 e. The molecule has 1 aliphatic carbocycles. The van der Waals surface area contributed by atoms with Gasteiger partial charge in [-0.25, -0.2) is 0 Å². The number of hydrogen-bond acceptors (Lipinski definition) is 2. The van der Waals surface area contributed by atoms with E-state index in [9.17, 15) is 4.79 Å². The van der Waals surface area contributed by atoms with Gasteiger partial charge in [-0.3, -0.25) is 4.79 Å². The molecule has 3 nitrogen and oxygen atoms in total. The molecular formula is C14H15NO2. The Bertz CT molecular complexity index is 486. The number of fused-ring (bicyclic) bond motifs is 3. The van der Waals surface area contributed by atoms with Gasteiger partial charge >= 0.3 is 0 Å². The molecule has 0 spiro atoms. The van der Waals surface area contributed by atoms with Gasteiger partial charge in [-0.05, 0) is 19.3 Å². The van der Waals surface area contributed by atoms with Crippen LogP contribution in [0.25, 0.3) is 0 Å². The molecule has 3 fully saturated rings. The highest BCUT2D eigenvalue weighted by Gasteiger charge is 2.69. The standard InChI is InChI=1S/C14H15NO2/c1-14-8-17-13(9-5-3-2-4-6-9)15(14)12(16)10-7-11(10)14/h2-6,10-11,13H,7-8H2,1H3/t10?,11-,13?,14-/m0/s1. The zero-order valence-corrected chi connectivity index (χ0v) is 9.80. The third-order valence-electron chi connectivity index (χ3n) is 4.55. The van der Waals surface area contributed by atoms with Crippen molar-refractivity contribution in [3.63, 3.8) is 0 Å². The van der Waals surface area contributed by atoms with Crippen LogP contribution in [0.4, 0.5) is 0 Å².